The lowest BCUT2D eigenvalue weighted by atomic mass is 10.1. The predicted octanol–water partition coefficient (Wildman–Crippen LogP) is 1.74. The number of benzene rings is 2. The van der Waals surface area contributed by atoms with Crippen molar-refractivity contribution in [2.45, 2.75) is 20.0 Å². The Balaban J connectivity index is 1.57. The quantitative estimate of drug-likeness (QED) is 0.900. The molecule has 122 valence electrons. The third kappa shape index (κ3) is 3.92. The lowest BCUT2D eigenvalue weighted by Crippen LogP contribution is -3.15. The molecule has 0 aliphatic carbocycles. The van der Waals surface area contributed by atoms with Crippen LogP contribution in [0.3, 0.4) is 0 Å². The van der Waals surface area contributed by atoms with Gasteiger partial charge in [-0.1, -0.05) is 42.5 Å². The molecule has 0 amide bonds. The summed E-state index contributed by atoms with van der Waals surface area (Å²) < 4.78 is 0. The maximum Gasteiger partial charge on any atom is 0.128 e. The van der Waals surface area contributed by atoms with Gasteiger partial charge in [-0.3, -0.25) is 0 Å². The maximum atomic E-state index is 10.4. The SMILES string of the molecule is Cc1ccc(C)c(N2CC[NH+](C[C@H](O)c3ccccc3)CC2)c1. The summed E-state index contributed by atoms with van der Waals surface area (Å²) in [6, 6.07) is 16.7. The van der Waals surface area contributed by atoms with Gasteiger partial charge in [-0.05, 0) is 36.6 Å². The molecule has 1 saturated heterocycles. The highest BCUT2D eigenvalue weighted by atomic mass is 16.3. The van der Waals surface area contributed by atoms with Gasteiger partial charge in [-0.15, -0.1) is 0 Å². The fraction of sp³-hybridized carbons (Fsp3) is 0.400. The van der Waals surface area contributed by atoms with E-state index in [-0.39, 0.29) is 6.10 Å². The normalized spacial score (nSPS) is 17.3. The number of aliphatic hydroxyl groups excluding tert-OH is 1. The number of rotatable bonds is 4. The van der Waals surface area contributed by atoms with Crippen molar-refractivity contribution >= 4 is 5.69 Å². The highest BCUT2D eigenvalue weighted by molar-refractivity contribution is 5.55. The van der Waals surface area contributed by atoms with Crippen molar-refractivity contribution in [1.29, 1.82) is 0 Å². The Morgan fingerprint density at radius 3 is 2.43 bits per heavy atom. The van der Waals surface area contributed by atoms with Crippen LogP contribution in [0.15, 0.2) is 48.5 Å². The van der Waals surface area contributed by atoms with Crippen molar-refractivity contribution in [2.75, 3.05) is 37.6 Å². The average molecular weight is 311 g/mol. The van der Waals surface area contributed by atoms with Crippen LogP contribution < -0.4 is 9.80 Å². The summed E-state index contributed by atoms with van der Waals surface area (Å²) in [5.41, 5.74) is 5.06. The molecule has 0 saturated carbocycles. The molecule has 2 aromatic carbocycles. The van der Waals surface area contributed by atoms with E-state index in [4.69, 9.17) is 0 Å². The second-order valence-corrected chi connectivity index (χ2v) is 6.66. The molecule has 0 spiro atoms. The molecule has 0 aromatic heterocycles. The molecule has 0 radical (unpaired) electrons. The van der Waals surface area contributed by atoms with Crippen molar-refractivity contribution < 1.29 is 10.0 Å². The summed E-state index contributed by atoms with van der Waals surface area (Å²) in [5, 5.41) is 10.4. The second kappa shape index (κ2) is 7.16. The summed E-state index contributed by atoms with van der Waals surface area (Å²) in [6.07, 6.45) is -0.363. The van der Waals surface area contributed by atoms with Gasteiger partial charge in [0.1, 0.15) is 12.6 Å². The Bertz CT molecular complexity index is 633. The standard InChI is InChI=1S/C20H26N2O/c1-16-8-9-17(2)19(14-16)22-12-10-21(11-13-22)15-20(23)18-6-4-3-5-7-18/h3-9,14,20,23H,10-13,15H2,1-2H3/p+1/t20-/m0/s1. The molecule has 1 atom stereocenters. The van der Waals surface area contributed by atoms with Gasteiger partial charge in [-0.2, -0.15) is 0 Å². The summed E-state index contributed by atoms with van der Waals surface area (Å²) >= 11 is 0. The average Bonchev–Trinajstić information content (AvgIpc) is 2.58. The van der Waals surface area contributed by atoms with E-state index >= 15 is 0 Å². The fourth-order valence-corrected chi connectivity index (χ4v) is 3.39. The molecule has 3 heteroatoms. The molecule has 0 unspecified atom stereocenters. The van der Waals surface area contributed by atoms with Crippen molar-refractivity contribution in [3.8, 4) is 0 Å². The number of piperazine rings is 1. The number of hydrogen-bond acceptors (Lipinski definition) is 2. The molecule has 0 bridgehead atoms. The van der Waals surface area contributed by atoms with Gasteiger partial charge in [0, 0.05) is 5.69 Å². The lowest BCUT2D eigenvalue weighted by molar-refractivity contribution is -0.904. The number of nitrogens with zero attached hydrogens (tertiary/aromatic N) is 1. The Kier molecular flexibility index (Phi) is 4.99. The largest absolute Gasteiger partial charge is 0.382 e. The number of anilines is 1. The van der Waals surface area contributed by atoms with Gasteiger partial charge in [0.25, 0.3) is 0 Å². The Labute approximate surface area is 139 Å². The van der Waals surface area contributed by atoms with Gasteiger partial charge in [0.05, 0.1) is 26.2 Å². The van der Waals surface area contributed by atoms with E-state index in [0.29, 0.717) is 0 Å². The van der Waals surface area contributed by atoms with E-state index in [1.165, 1.54) is 21.7 Å². The Morgan fingerprint density at radius 2 is 1.74 bits per heavy atom. The molecule has 1 heterocycles. The number of quaternary nitrogens is 1. The minimum Gasteiger partial charge on any atom is -0.382 e. The van der Waals surface area contributed by atoms with E-state index in [9.17, 15) is 5.11 Å². The van der Waals surface area contributed by atoms with Crippen LogP contribution in [0, 0.1) is 13.8 Å². The summed E-state index contributed by atoms with van der Waals surface area (Å²) in [4.78, 5) is 3.98. The Hall–Kier alpha value is -1.84. The van der Waals surface area contributed by atoms with Crippen LogP contribution in [0.1, 0.15) is 22.8 Å². The van der Waals surface area contributed by atoms with Crippen molar-refractivity contribution in [3.63, 3.8) is 0 Å². The van der Waals surface area contributed by atoms with Crippen molar-refractivity contribution in [2.24, 2.45) is 0 Å². The van der Waals surface area contributed by atoms with E-state index in [1.54, 1.807) is 0 Å². The van der Waals surface area contributed by atoms with Crippen molar-refractivity contribution in [1.82, 2.24) is 0 Å². The zero-order valence-corrected chi connectivity index (χ0v) is 14.1. The highest BCUT2D eigenvalue weighted by Gasteiger charge is 2.23. The lowest BCUT2D eigenvalue weighted by Gasteiger charge is -2.35. The first kappa shape index (κ1) is 16.0. The fourth-order valence-electron chi connectivity index (χ4n) is 3.39. The van der Waals surface area contributed by atoms with Gasteiger partial charge in [-0.25, -0.2) is 0 Å². The van der Waals surface area contributed by atoms with Crippen LogP contribution in [-0.2, 0) is 0 Å². The first-order valence-corrected chi connectivity index (χ1v) is 8.52. The van der Waals surface area contributed by atoms with Crippen LogP contribution in [0.4, 0.5) is 5.69 Å². The number of aliphatic hydroxyl groups is 1. The van der Waals surface area contributed by atoms with Gasteiger partial charge < -0.3 is 14.9 Å². The topological polar surface area (TPSA) is 27.9 Å². The summed E-state index contributed by atoms with van der Waals surface area (Å²) in [6.45, 7) is 9.41. The summed E-state index contributed by atoms with van der Waals surface area (Å²) in [5.74, 6) is 0. The van der Waals surface area contributed by atoms with Gasteiger partial charge in [0.15, 0.2) is 0 Å². The third-order valence-corrected chi connectivity index (χ3v) is 4.84. The zero-order valence-electron chi connectivity index (χ0n) is 14.1. The van der Waals surface area contributed by atoms with Crippen molar-refractivity contribution in [3.05, 3.63) is 65.2 Å². The molecular weight excluding hydrogens is 284 g/mol. The molecule has 1 fully saturated rings. The van der Waals surface area contributed by atoms with E-state index in [2.05, 4.69) is 36.9 Å². The van der Waals surface area contributed by atoms with Gasteiger partial charge in [0.2, 0.25) is 0 Å². The highest BCUT2D eigenvalue weighted by Crippen LogP contribution is 2.21. The minimum absolute atomic E-state index is 0.363. The van der Waals surface area contributed by atoms with Gasteiger partial charge >= 0.3 is 0 Å². The molecule has 2 aromatic rings. The first-order valence-electron chi connectivity index (χ1n) is 8.52. The van der Waals surface area contributed by atoms with E-state index < -0.39 is 0 Å². The number of aryl methyl sites for hydroxylation is 2. The molecular formula is C20H27N2O+. The van der Waals surface area contributed by atoms with Crippen LogP contribution >= 0.6 is 0 Å². The number of nitrogens with one attached hydrogen (secondary N) is 1. The third-order valence-electron chi connectivity index (χ3n) is 4.84. The molecule has 23 heavy (non-hydrogen) atoms. The molecule has 3 nitrogen and oxygen atoms in total. The van der Waals surface area contributed by atoms with Crippen LogP contribution in [0.25, 0.3) is 0 Å². The zero-order chi connectivity index (χ0) is 16.2. The Morgan fingerprint density at radius 1 is 1.04 bits per heavy atom. The maximum absolute atomic E-state index is 10.4. The smallest absolute Gasteiger partial charge is 0.128 e. The number of hydrogen-bond donors (Lipinski definition) is 2. The van der Waals surface area contributed by atoms with E-state index in [1.807, 2.05) is 30.3 Å². The monoisotopic (exact) mass is 311 g/mol. The molecule has 3 rings (SSSR count). The molecule has 1 aliphatic heterocycles. The van der Waals surface area contributed by atoms with Crippen LogP contribution in [0.2, 0.25) is 0 Å². The molecule has 2 N–H and O–H groups in total. The second-order valence-electron chi connectivity index (χ2n) is 6.66. The van der Waals surface area contributed by atoms with Crippen LogP contribution in [0.5, 0.6) is 0 Å². The molecule has 1 aliphatic rings. The first-order chi connectivity index (χ1) is 11.1. The van der Waals surface area contributed by atoms with Crippen LogP contribution in [-0.4, -0.2) is 37.8 Å². The predicted molar refractivity (Wildman–Crippen MR) is 95.1 cm³/mol. The summed E-state index contributed by atoms with van der Waals surface area (Å²) in [7, 11) is 0. The van der Waals surface area contributed by atoms with E-state index in [0.717, 1.165) is 38.3 Å². The minimum atomic E-state index is -0.363.